The number of carbonyl (C=O) groups is 1. The molecular weight excluding hydrogens is 393 g/mol. The number of nitro groups is 1. The summed E-state index contributed by atoms with van der Waals surface area (Å²) >= 11 is 5.76. The molecule has 148 valence electrons. The van der Waals surface area contributed by atoms with E-state index < -0.39 is 10.7 Å². The van der Waals surface area contributed by atoms with Crippen molar-refractivity contribution >= 4 is 40.6 Å². The van der Waals surface area contributed by atoms with Crippen LogP contribution in [0.5, 0.6) is 0 Å². The van der Waals surface area contributed by atoms with E-state index in [4.69, 9.17) is 16.3 Å². The zero-order valence-electron chi connectivity index (χ0n) is 14.9. The van der Waals surface area contributed by atoms with Crippen LogP contribution in [-0.2, 0) is 9.53 Å². The third kappa shape index (κ3) is 4.11. The van der Waals surface area contributed by atoms with Crippen molar-refractivity contribution in [1.82, 2.24) is 9.97 Å². The first-order valence-electron chi connectivity index (χ1n) is 8.45. The highest BCUT2D eigenvalue weighted by atomic mass is 35.5. The molecule has 2 heterocycles. The minimum Gasteiger partial charge on any atom is -0.469 e. The van der Waals surface area contributed by atoms with Crippen molar-refractivity contribution in [3.05, 3.63) is 45.5 Å². The van der Waals surface area contributed by atoms with Crippen LogP contribution >= 0.6 is 11.6 Å². The van der Waals surface area contributed by atoms with Crippen LogP contribution in [0.4, 0.5) is 27.4 Å². The SMILES string of the molecule is COC(=O)C1CCN(c2ncnc(Nc3ccc(F)c(Cl)c3)c2[N+](=O)[O-])CC1. The molecule has 0 bridgehead atoms. The number of methoxy groups -OCH3 is 1. The highest BCUT2D eigenvalue weighted by Gasteiger charge is 2.32. The van der Waals surface area contributed by atoms with Gasteiger partial charge in [0.2, 0.25) is 11.6 Å². The van der Waals surface area contributed by atoms with E-state index in [2.05, 4.69) is 15.3 Å². The van der Waals surface area contributed by atoms with Crippen LogP contribution in [0.3, 0.4) is 0 Å². The van der Waals surface area contributed by atoms with Crippen molar-refractivity contribution in [2.75, 3.05) is 30.4 Å². The fourth-order valence-corrected chi connectivity index (χ4v) is 3.25. The van der Waals surface area contributed by atoms with Gasteiger partial charge in [0.05, 0.1) is 23.0 Å². The molecule has 3 rings (SSSR count). The van der Waals surface area contributed by atoms with E-state index in [-0.39, 0.29) is 34.2 Å². The number of carbonyl (C=O) groups excluding carboxylic acids is 1. The molecule has 28 heavy (non-hydrogen) atoms. The number of esters is 1. The molecule has 2 aromatic rings. The van der Waals surface area contributed by atoms with Crippen LogP contribution in [-0.4, -0.2) is 41.1 Å². The first-order valence-corrected chi connectivity index (χ1v) is 8.82. The summed E-state index contributed by atoms with van der Waals surface area (Å²) in [6.07, 6.45) is 2.22. The number of piperidine rings is 1. The third-order valence-electron chi connectivity index (χ3n) is 4.50. The van der Waals surface area contributed by atoms with Crippen molar-refractivity contribution < 1.29 is 18.8 Å². The van der Waals surface area contributed by atoms with Crippen molar-refractivity contribution in [2.24, 2.45) is 5.92 Å². The second-order valence-electron chi connectivity index (χ2n) is 6.19. The summed E-state index contributed by atoms with van der Waals surface area (Å²) in [6.45, 7) is 0.832. The standard InChI is InChI=1S/C17H17ClFN5O4/c1-28-17(25)10-4-6-23(7-5-10)16-14(24(26)27)15(20-9-21-16)22-11-2-3-13(19)12(18)8-11/h2-3,8-10H,4-7H2,1H3,(H,20,21,22). The predicted octanol–water partition coefficient (Wildman–Crippen LogP) is 3.31. The molecular formula is C17H17ClFN5O4. The number of hydrogen-bond acceptors (Lipinski definition) is 8. The molecule has 0 atom stereocenters. The van der Waals surface area contributed by atoms with Gasteiger partial charge in [0.1, 0.15) is 12.1 Å². The van der Waals surface area contributed by atoms with E-state index in [0.717, 1.165) is 6.07 Å². The van der Waals surface area contributed by atoms with Crippen LogP contribution in [0, 0.1) is 21.8 Å². The zero-order chi connectivity index (χ0) is 20.3. The van der Waals surface area contributed by atoms with E-state index in [1.54, 1.807) is 4.90 Å². The lowest BCUT2D eigenvalue weighted by Gasteiger charge is -2.31. The summed E-state index contributed by atoms with van der Waals surface area (Å²) in [5.74, 6) is -1.00. The van der Waals surface area contributed by atoms with Gasteiger partial charge in [-0.2, -0.15) is 0 Å². The van der Waals surface area contributed by atoms with Gasteiger partial charge in [0.25, 0.3) is 0 Å². The molecule has 1 fully saturated rings. The molecule has 1 aromatic carbocycles. The molecule has 1 aliphatic rings. The van der Waals surface area contributed by atoms with Gasteiger partial charge in [-0.25, -0.2) is 14.4 Å². The summed E-state index contributed by atoms with van der Waals surface area (Å²) < 4.78 is 18.1. The number of halogens is 2. The Hall–Kier alpha value is -3.01. The van der Waals surface area contributed by atoms with Crippen LogP contribution in [0.15, 0.2) is 24.5 Å². The Morgan fingerprint density at radius 1 is 1.39 bits per heavy atom. The Bertz CT molecular complexity index is 905. The molecule has 0 aliphatic carbocycles. The van der Waals surface area contributed by atoms with Gasteiger partial charge >= 0.3 is 11.7 Å². The van der Waals surface area contributed by atoms with Crippen LogP contribution in [0.1, 0.15) is 12.8 Å². The first-order chi connectivity index (χ1) is 13.4. The number of nitrogens with one attached hydrogen (secondary N) is 1. The van der Waals surface area contributed by atoms with E-state index in [9.17, 15) is 19.3 Å². The first kappa shape index (κ1) is 19.7. The molecule has 0 saturated carbocycles. The minimum atomic E-state index is -0.599. The lowest BCUT2D eigenvalue weighted by Crippen LogP contribution is -2.37. The summed E-state index contributed by atoms with van der Waals surface area (Å²) in [6, 6.07) is 3.86. The van der Waals surface area contributed by atoms with Gasteiger partial charge in [-0.05, 0) is 31.0 Å². The largest absolute Gasteiger partial charge is 0.469 e. The number of benzene rings is 1. The van der Waals surface area contributed by atoms with Crippen LogP contribution in [0.2, 0.25) is 5.02 Å². The lowest BCUT2D eigenvalue weighted by atomic mass is 9.97. The average molecular weight is 410 g/mol. The van der Waals surface area contributed by atoms with Crippen LogP contribution < -0.4 is 10.2 Å². The van der Waals surface area contributed by atoms with Crippen molar-refractivity contribution in [3.8, 4) is 0 Å². The molecule has 0 radical (unpaired) electrons. The van der Waals surface area contributed by atoms with Gasteiger partial charge in [-0.1, -0.05) is 11.6 Å². The highest BCUT2D eigenvalue weighted by Crippen LogP contribution is 2.36. The molecule has 0 unspecified atom stereocenters. The summed E-state index contributed by atoms with van der Waals surface area (Å²) in [5, 5.41) is 14.4. The number of hydrogen-bond donors (Lipinski definition) is 1. The molecule has 0 amide bonds. The maximum absolute atomic E-state index is 13.3. The Morgan fingerprint density at radius 3 is 2.71 bits per heavy atom. The molecule has 1 saturated heterocycles. The van der Waals surface area contributed by atoms with Gasteiger partial charge in [0.15, 0.2) is 0 Å². The maximum atomic E-state index is 13.3. The molecule has 1 N–H and O–H groups in total. The average Bonchev–Trinajstić information content (AvgIpc) is 2.70. The number of ether oxygens (including phenoxy) is 1. The topological polar surface area (TPSA) is 110 Å². The van der Waals surface area contributed by atoms with Crippen molar-refractivity contribution in [2.45, 2.75) is 12.8 Å². The molecule has 1 aliphatic heterocycles. The minimum absolute atomic E-state index is 0.0345. The Kier molecular flexibility index (Phi) is 5.88. The third-order valence-corrected chi connectivity index (χ3v) is 4.79. The fraction of sp³-hybridized carbons (Fsp3) is 0.353. The zero-order valence-corrected chi connectivity index (χ0v) is 15.6. The maximum Gasteiger partial charge on any atom is 0.353 e. The highest BCUT2D eigenvalue weighted by molar-refractivity contribution is 6.31. The quantitative estimate of drug-likeness (QED) is 0.455. The number of rotatable bonds is 5. The van der Waals surface area contributed by atoms with Crippen LogP contribution in [0.25, 0.3) is 0 Å². The number of anilines is 3. The fourth-order valence-electron chi connectivity index (χ4n) is 3.06. The lowest BCUT2D eigenvalue weighted by molar-refractivity contribution is -0.383. The normalized spacial score (nSPS) is 14.6. The molecule has 0 spiro atoms. The number of aromatic nitrogens is 2. The van der Waals surface area contributed by atoms with Gasteiger partial charge in [-0.3, -0.25) is 14.9 Å². The summed E-state index contributed by atoms with van der Waals surface area (Å²) in [4.78, 5) is 32.6. The van der Waals surface area contributed by atoms with E-state index >= 15 is 0 Å². The van der Waals surface area contributed by atoms with Crippen molar-refractivity contribution in [3.63, 3.8) is 0 Å². The molecule has 9 nitrogen and oxygen atoms in total. The van der Waals surface area contributed by atoms with Gasteiger partial charge < -0.3 is 15.0 Å². The summed E-state index contributed by atoms with van der Waals surface area (Å²) in [5.41, 5.74) is 0.0445. The Labute approximate surface area is 164 Å². The Balaban J connectivity index is 1.87. The molecule has 1 aromatic heterocycles. The second-order valence-corrected chi connectivity index (χ2v) is 6.60. The predicted molar refractivity (Wildman–Crippen MR) is 100 cm³/mol. The van der Waals surface area contributed by atoms with Gasteiger partial charge in [0, 0.05) is 18.8 Å². The second kappa shape index (κ2) is 8.34. The summed E-state index contributed by atoms with van der Waals surface area (Å²) in [7, 11) is 1.34. The van der Waals surface area contributed by atoms with Gasteiger partial charge in [-0.15, -0.1) is 0 Å². The molecule has 11 heteroatoms. The van der Waals surface area contributed by atoms with Crippen molar-refractivity contribution in [1.29, 1.82) is 0 Å². The monoisotopic (exact) mass is 409 g/mol. The number of nitrogens with zero attached hydrogens (tertiary/aromatic N) is 4. The smallest absolute Gasteiger partial charge is 0.353 e. The van der Waals surface area contributed by atoms with E-state index in [1.165, 1.54) is 25.6 Å². The van der Waals surface area contributed by atoms with E-state index in [0.29, 0.717) is 31.6 Å². The van der Waals surface area contributed by atoms with E-state index in [1.807, 2.05) is 0 Å². The Morgan fingerprint density at radius 2 is 2.11 bits per heavy atom.